The van der Waals surface area contributed by atoms with Crippen LogP contribution in [0.25, 0.3) is 22.2 Å². The van der Waals surface area contributed by atoms with Crippen LogP contribution in [0.2, 0.25) is 0 Å². The van der Waals surface area contributed by atoms with E-state index in [0.717, 1.165) is 23.2 Å². The summed E-state index contributed by atoms with van der Waals surface area (Å²) < 4.78 is 5.88. The Morgan fingerprint density at radius 1 is 0.793 bits per heavy atom. The Bertz CT molecular complexity index is 835. The summed E-state index contributed by atoms with van der Waals surface area (Å²) in [6.07, 6.45) is 13.1. The summed E-state index contributed by atoms with van der Waals surface area (Å²) >= 11 is 0. The Morgan fingerprint density at radius 3 is 2.21 bits per heavy atom. The molecule has 2 N–H and O–H groups in total. The average molecular weight is 394 g/mol. The molecule has 3 rings (SSSR count). The van der Waals surface area contributed by atoms with Gasteiger partial charge in [-0.1, -0.05) is 82.9 Å². The molecule has 0 saturated heterocycles. The topological polar surface area (TPSA) is 45.2 Å². The van der Waals surface area contributed by atoms with Gasteiger partial charge in [-0.25, -0.2) is 0 Å². The van der Waals surface area contributed by atoms with Crippen molar-refractivity contribution in [2.24, 2.45) is 0 Å². The van der Waals surface area contributed by atoms with Crippen LogP contribution in [0.4, 0.5) is 0 Å². The molecule has 0 bridgehead atoms. The molecule has 0 aliphatic rings. The summed E-state index contributed by atoms with van der Waals surface area (Å²) in [6.45, 7) is 2.92. The number of aromatic hydroxyl groups is 1. The van der Waals surface area contributed by atoms with Crippen LogP contribution in [0, 0.1) is 0 Å². The number of phenols is 1. The monoisotopic (exact) mass is 393 g/mol. The van der Waals surface area contributed by atoms with Gasteiger partial charge in [0.1, 0.15) is 0 Å². The van der Waals surface area contributed by atoms with E-state index in [1.54, 1.807) is 6.07 Å². The number of rotatable bonds is 13. The van der Waals surface area contributed by atoms with Gasteiger partial charge < -0.3 is 14.8 Å². The maximum absolute atomic E-state index is 10.1. The van der Waals surface area contributed by atoms with Crippen LogP contribution >= 0.6 is 0 Å². The fourth-order valence-electron chi connectivity index (χ4n) is 3.80. The quantitative estimate of drug-likeness (QED) is 0.290. The molecule has 2 aromatic carbocycles. The van der Waals surface area contributed by atoms with Gasteiger partial charge in [-0.3, -0.25) is 0 Å². The number of fused-ring (bicyclic) bond motifs is 1. The molecule has 3 heteroatoms. The molecule has 0 radical (unpaired) electrons. The second-order valence-corrected chi connectivity index (χ2v) is 7.98. The number of unbranched alkanes of at least 4 members (excludes halogenated alkanes) is 9. The van der Waals surface area contributed by atoms with Crippen LogP contribution in [-0.2, 0) is 0 Å². The number of benzene rings is 2. The van der Waals surface area contributed by atoms with Crippen molar-refractivity contribution in [3.05, 3.63) is 48.5 Å². The van der Waals surface area contributed by atoms with Gasteiger partial charge in [0.2, 0.25) is 0 Å². The van der Waals surface area contributed by atoms with E-state index in [0.29, 0.717) is 12.4 Å². The van der Waals surface area contributed by atoms with Gasteiger partial charge in [0.15, 0.2) is 11.5 Å². The molecule has 0 spiro atoms. The number of H-pyrrole nitrogens is 1. The number of aromatic amines is 1. The molecule has 1 aromatic heterocycles. The molecule has 0 amide bonds. The highest BCUT2D eigenvalue weighted by molar-refractivity contribution is 5.86. The smallest absolute Gasteiger partial charge is 0.161 e. The summed E-state index contributed by atoms with van der Waals surface area (Å²) in [6, 6.07) is 15.9. The predicted molar refractivity (Wildman–Crippen MR) is 123 cm³/mol. The van der Waals surface area contributed by atoms with Crippen molar-refractivity contribution in [3.8, 4) is 22.8 Å². The van der Waals surface area contributed by atoms with Gasteiger partial charge >= 0.3 is 0 Å². The minimum atomic E-state index is 0.206. The Labute approximate surface area is 175 Å². The third-order valence-electron chi connectivity index (χ3n) is 5.56. The summed E-state index contributed by atoms with van der Waals surface area (Å²) in [5, 5.41) is 11.3. The zero-order valence-corrected chi connectivity index (χ0v) is 17.8. The van der Waals surface area contributed by atoms with Gasteiger partial charge in [0.25, 0.3) is 0 Å². The maximum Gasteiger partial charge on any atom is 0.161 e. The number of aromatic nitrogens is 1. The molecule has 29 heavy (non-hydrogen) atoms. The van der Waals surface area contributed by atoms with Gasteiger partial charge in [-0.05, 0) is 36.8 Å². The van der Waals surface area contributed by atoms with E-state index < -0.39 is 0 Å². The SMILES string of the molecule is CCCCCCCCCCCCOc1cc(-c2cc3ccccc3[nH]2)ccc1O. The number of ether oxygens (including phenoxy) is 1. The van der Waals surface area contributed by atoms with Crippen LogP contribution < -0.4 is 4.74 Å². The molecule has 156 valence electrons. The molecule has 0 atom stereocenters. The van der Waals surface area contributed by atoms with Gasteiger partial charge in [0, 0.05) is 22.2 Å². The van der Waals surface area contributed by atoms with Crippen LogP contribution in [0.3, 0.4) is 0 Å². The predicted octanol–water partition coefficient (Wildman–Crippen LogP) is 7.84. The summed E-state index contributed by atoms with van der Waals surface area (Å²) in [7, 11) is 0. The Balaban J connectivity index is 1.40. The lowest BCUT2D eigenvalue weighted by molar-refractivity contribution is 0.289. The molecule has 0 fully saturated rings. The largest absolute Gasteiger partial charge is 0.504 e. The summed E-state index contributed by atoms with van der Waals surface area (Å²) in [4.78, 5) is 3.43. The number of hydrogen-bond donors (Lipinski definition) is 2. The average Bonchev–Trinajstić information content (AvgIpc) is 3.17. The first kappa shape index (κ1) is 21.3. The second-order valence-electron chi connectivity index (χ2n) is 7.98. The van der Waals surface area contributed by atoms with Crippen molar-refractivity contribution in [1.82, 2.24) is 4.98 Å². The highest BCUT2D eigenvalue weighted by Crippen LogP contribution is 2.33. The van der Waals surface area contributed by atoms with Gasteiger partial charge in [-0.2, -0.15) is 0 Å². The van der Waals surface area contributed by atoms with E-state index in [2.05, 4.69) is 30.1 Å². The van der Waals surface area contributed by atoms with Crippen LogP contribution in [-0.4, -0.2) is 16.7 Å². The molecule has 0 unspecified atom stereocenters. The zero-order chi connectivity index (χ0) is 20.3. The standard InChI is InChI=1S/C26H35NO2/c1-2-3-4-5-6-7-8-9-10-13-18-29-26-20-22(16-17-25(26)28)24-19-21-14-11-12-15-23(21)27-24/h11-12,14-17,19-20,27-28H,2-10,13,18H2,1H3. The molecular weight excluding hydrogens is 358 g/mol. The normalized spacial score (nSPS) is 11.2. The minimum absolute atomic E-state index is 0.206. The zero-order valence-electron chi connectivity index (χ0n) is 17.8. The molecule has 1 heterocycles. The minimum Gasteiger partial charge on any atom is -0.504 e. The van der Waals surface area contributed by atoms with Crippen molar-refractivity contribution < 1.29 is 9.84 Å². The van der Waals surface area contributed by atoms with E-state index >= 15 is 0 Å². The van der Waals surface area contributed by atoms with Crippen LogP contribution in [0.1, 0.15) is 71.1 Å². The van der Waals surface area contributed by atoms with E-state index in [1.807, 2.05) is 24.3 Å². The molecule has 3 aromatic rings. The molecule has 0 saturated carbocycles. The summed E-state index contributed by atoms with van der Waals surface area (Å²) in [5.74, 6) is 0.772. The first-order chi connectivity index (χ1) is 14.3. The van der Waals surface area contributed by atoms with Gasteiger partial charge in [-0.15, -0.1) is 0 Å². The van der Waals surface area contributed by atoms with E-state index in [-0.39, 0.29) is 5.75 Å². The molecule has 3 nitrogen and oxygen atoms in total. The van der Waals surface area contributed by atoms with Crippen LogP contribution in [0.5, 0.6) is 11.5 Å². The second kappa shape index (κ2) is 11.5. The highest BCUT2D eigenvalue weighted by atomic mass is 16.5. The Hall–Kier alpha value is -2.42. The van der Waals surface area contributed by atoms with E-state index in [4.69, 9.17) is 4.74 Å². The maximum atomic E-state index is 10.1. The third kappa shape index (κ3) is 6.56. The number of nitrogens with one attached hydrogen (secondary N) is 1. The number of para-hydroxylation sites is 1. The molecule has 0 aliphatic heterocycles. The van der Waals surface area contributed by atoms with Gasteiger partial charge in [0.05, 0.1) is 6.61 Å². The highest BCUT2D eigenvalue weighted by Gasteiger charge is 2.08. The first-order valence-electron chi connectivity index (χ1n) is 11.3. The lowest BCUT2D eigenvalue weighted by Gasteiger charge is -2.10. The lowest BCUT2D eigenvalue weighted by Crippen LogP contribution is -1.98. The molecular formula is C26H35NO2. The molecule has 0 aliphatic carbocycles. The third-order valence-corrected chi connectivity index (χ3v) is 5.56. The van der Waals surface area contributed by atoms with Crippen molar-refractivity contribution in [3.63, 3.8) is 0 Å². The van der Waals surface area contributed by atoms with Crippen LogP contribution in [0.15, 0.2) is 48.5 Å². The van der Waals surface area contributed by atoms with Crippen molar-refractivity contribution >= 4 is 10.9 Å². The van der Waals surface area contributed by atoms with Crippen molar-refractivity contribution in [2.45, 2.75) is 71.1 Å². The Kier molecular flexibility index (Phi) is 8.48. The summed E-state index contributed by atoms with van der Waals surface area (Å²) in [5.41, 5.74) is 3.18. The number of hydrogen-bond acceptors (Lipinski definition) is 2. The Morgan fingerprint density at radius 2 is 1.48 bits per heavy atom. The lowest BCUT2D eigenvalue weighted by atomic mass is 10.1. The van der Waals surface area contributed by atoms with Crippen molar-refractivity contribution in [1.29, 1.82) is 0 Å². The first-order valence-corrected chi connectivity index (χ1v) is 11.3. The van der Waals surface area contributed by atoms with E-state index in [9.17, 15) is 5.11 Å². The fourth-order valence-corrected chi connectivity index (χ4v) is 3.80. The number of phenolic OH excluding ortho intramolecular Hbond substituents is 1. The van der Waals surface area contributed by atoms with E-state index in [1.165, 1.54) is 63.2 Å². The van der Waals surface area contributed by atoms with Crippen molar-refractivity contribution in [2.75, 3.05) is 6.61 Å². The fraction of sp³-hybridized carbons (Fsp3) is 0.462.